The van der Waals surface area contributed by atoms with Gasteiger partial charge in [-0.1, -0.05) is 24.2 Å². The minimum atomic E-state index is -0.0783. The number of pyridine rings is 1. The minimum absolute atomic E-state index is 0.0783. The highest BCUT2D eigenvalue weighted by Gasteiger charge is 2.29. The van der Waals surface area contributed by atoms with E-state index in [0.717, 1.165) is 48.8 Å². The quantitative estimate of drug-likeness (QED) is 0.501. The molecule has 0 saturated heterocycles. The number of aryl methyl sites for hydroxylation is 1. The van der Waals surface area contributed by atoms with Crippen LogP contribution in [0.2, 0.25) is 0 Å². The Hall–Kier alpha value is -3.55. The maximum atomic E-state index is 5.59. The maximum Gasteiger partial charge on any atom is 0.258 e. The summed E-state index contributed by atoms with van der Waals surface area (Å²) in [6, 6.07) is 12.1. The highest BCUT2D eigenvalue weighted by molar-refractivity contribution is 5.58. The van der Waals surface area contributed by atoms with Crippen molar-refractivity contribution in [2.24, 2.45) is 0 Å². The largest absolute Gasteiger partial charge is 0.334 e. The SMILES string of the molecule is CCc1cccc(-c2nc([C@H](C)N3CCCn4c(-c5ccncc5)nnc43)no2)c1. The number of fused-ring (bicyclic) bond motifs is 1. The van der Waals surface area contributed by atoms with E-state index in [4.69, 9.17) is 4.52 Å². The highest BCUT2D eigenvalue weighted by atomic mass is 16.5. The molecule has 0 unspecified atom stereocenters. The lowest BCUT2D eigenvalue weighted by Crippen LogP contribution is -2.35. The van der Waals surface area contributed by atoms with Crippen molar-refractivity contribution in [3.05, 3.63) is 60.2 Å². The predicted molar refractivity (Wildman–Crippen MR) is 113 cm³/mol. The van der Waals surface area contributed by atoms with Gasteiger partial charge in [0.05, 0.1) is 6.04 Å². The molecular weight excluding hydrogens is 378 g/mol. The molecule has 8 nitrogen and oxygen atoms in total. The van der Waals surface area contributed by atoms with E-state index in [0.29, 0.717) is 11.7 Å². The van der Waals surface area contributed by atoms with Crippen LogP contribution in [0.25, 0.3) is 22.8 Å². The number of hydrogen-bond donors (Lipinski definition) is 0. The minimum Gasteiger partial charge on any atom is -0.334 e. The van der Waals surface area contributed by atoms with E-state index >= 15 is 0 Å². The summed E-state index contributed by atoms with van der Waals surface area (Å²) in [5, 5.41) is 13.2. The second-order valence-corrected chi connectivity index (χ2v) is 7.45. The number of nitrogens with zero attached hydrogens (tertiary/aromatic N) is 7. The van der Waals surface area contributed by atoms with Gasteiger partial charge in [-0.05, 0) is 49.6 Å². The average Bonchev–Trinajstić information content (AvgIpc) is 3.47. The predicted octanol–water partition coefficient (Wildman–Crippen LogP) is 3.92. The monoisotopic (exact) mass is 401 g/mol. The maximum absolute atomic E-state index is 5.59. The van der Waals surface area contributed by atoms with Gasteiger partial charge >= 0.3 is 0 Å². The van der Waals surface area contributed by atoms with Crippen molar-refractivity contribution < 1.29 is 4.52 Å². The third kappa shape index (κ3) is 3.24. The lowest BCUT2D eigenvalue weighted by atomic mass is 10.1. The number of benzene rings is 1. The zero-order chi connectivity index (χ0) is 20.5. The van der Waals surface area contributed by atoms with Gasteiger partial charge in [-0.2, -0.15) is 4.98 Å². The molecule has 4 heterocycles. The molecule has 152 valence electrons. The van der Waals surface area contributed by atoms with Gasteiger partial charge in [0.15, 0.2) is 11.6 Å². The molecule has 0 radical (unpaired) electrons. The molecule has 1 aromatic carbocycles. The van der Waals surface area contributed by atoms with Crippen LogP contribution in [-0.4, -0.2) is 36.4 Å². The summed E-state index contributed by atoms with van der Waals surface area (Å²) in [4.78, 5) is 11.0. The molecule has 0 N–H and O–H groups in total. The van der Waals surface area contributed by atoms with E-state index in [1.165, 1.54) is 5.56 Å². The van der Waals surface area contributed by atoms with Crippen LogP contribution < -0.4 is 4.90 Å². The Labute approximate surface area is 174 Å². The first-order chi connectivity index (χ1) is 14.7. The molecule has 1 aliphatic rings. The molecule has 0 amide bonds. The second-order valence-electron chi connectivity index (χ2n) is 7.45. The van der Waals surface area contributed by atoms with Gasteiger partial charge in [0.2, 0.25) is 5.95 Å². The van der Waals surface area contributed by atoms with Crippen molar-refractivity contribution >= 4 is 5.95 Å². The van der Waals surface area contributed by atoms with Crippen LogP contribution in [0.4, 0.5) is 5.95 Å². The standard InChI is InChI=1S/C22H23N7O/c1-3-16-6-4-7-18(14-16)21-24-19(27-30-21)15(2)28-12-5-13-29-20(25-26-22(28)29)17-8-10-23-11-9-17/h4,6-11,14-15H,3,5,12-13H2,1-2H3/t15-/m0/s1. The molecule has 5 rings (SSSR count). The molecule has 0 fully saturated rings. The zero-order valence-electron chi connectivity index (χ0n) is 17.1. The summed E-state index contributed by atoms with van der Waals surface area (Å²) in [5.74, 6) is 2.88. The molecular formula is C22H23N7O. The second kappa shape index (κ2) is 7.70. The van der Waals surface area contributed by atoms with E-state index in [1.807, 2.05) is 24.3 Å². The normalized spacial score (nSPS) is 14.5. The molecule has 0 bridgehead atoms. The van der Waals surface area contributed by atoms with E-state index in [-0.39, 0.29) is 6.04 Å². The van der Waals surface area contributed by atoms with E-state index < -0.39 is 0 Å². The van der Waals surface area contributed by atoms with Crippen LogP contribution >= 0.6 is 0 Å². The van der Waals surface area contributed by atoms with Crippen LogP contribution in [-0.2, 0) is 13.0 Å². The average molecular weight is 401 g/mol. The first kappa shape index (κ1) is 18.5. The Bertz CT molecular complexity index is 1150. The van der Waals surface area contributed by atoms with Crippen molar-refractivity contribution in [1.82, 2.24) is 29.9 Å². The molecule has 1 atom stereocenters. The van der Waals surface area contributed by atoms with Gasteiger partial charge in [-0.15, -0.1) is 10.2 Å². The van der Waals surface area contributed by atoms with Crippen molar-refractivity contribution in [2.75, 3.05) is 11.4 Å². The van der Waals surface area contributed by atoms with Crippen molar-refractivity contribution in [3.63, 3.8) is 0 Å². The first-order valence-corrected chi connectivity index (χ1v) is 10.3. The fourth-order valence-corrected chi connectivity index (χ4v) is 3.88. The Balaban J connectivity index is 1.44. The fraction of sp³-hybridized carbons (Fsp3) is 0.318. The summed E-state index contributed by atoms with van der Waals surface area (Å²) < 4.78 is 7.74. The van der Waals surface area contributed by atoms with Gasteiger partial charge in [0.1, 0.15) is 0 Å². The van der Waals surface area contributed by atoms with Crippen molar-refractivity contribution in [1.29, 1.82) is 0 Å². The van der Waals surface area contributed by atoms with Gasteiger partial charge in [-0.3, -0.25) is 9.55 Å². The number of aromatic nitrogens is 6. The van der Waals surface area contributed by atoms with Crippen LogP contribution in [0.5, 0.6) is 0 Å². The highest BCUT2D eigenvalue weighted by Crippen LogP contribution is 2.32. The Morgan fingerprint density at radius 3 is 2.77 bits per heavy atom. The smallest absolute Gasteiger partial charge is 0.258 e. The molecule has 8 heteroatoms. The zero-order valence-corrected chi connectivity index (χ0v) is 17.1. The van der Waals surface area contributed by atoms with Gasteiger partial charge in [0, 0.05) is 36.6 Å². The lowest BCUT2D eigenvalue weighted by molar-refractivity contribution is 0.411. The number of hydrogen-bond acceptors (Lipinski definition) is 7. The molecule has 30 heavy (non-hydrogen) atoms. The van der Waals surface area contributed by atoms with E-state index in [1.54, 1.807) is 12.4 Å². The van der Waals surface area contributed by atoms with E-state index in [9.17, 15) is 0 Å². The third-order valence-electron chi connectivity index (χ3n) is 5.57. The summed E-state index contributed by atoms with van der Waals surface area (Å²) in [5.41, 5.74) is 3.20. The first-order valence-electron chi connectivity index (χ1n) is 10.3. The van der Waals surface area contributed by atoms with Gasteiger partial charge in [0.25, 0.3) is 5.89 Å². The topological polar surface area (TPSA) is 85.8 Å². The Kier molecular flexibility index (Phi) is 4.74. The van der Waals surface area contributed by atoms with Crippen molar-refractivity contribution in [2.45, 2.75) is 39.3 Å². The van der Waals surface area contributed by atoms with Gasteiger partial charge < -0.3 is 9.42 Å². The van der Waals surface area contributed by atoms with Crippen LogP contribution in [0.1, 0.15) is 37.7 Å². The van der Waals surface area contributed by atoms with Crippen molar-refractivity contribution in [3.8, 4) is 22.8 Å². The summed E-state index contributed by atoms with van der Waals surface area (Å²) in [6.07, 6.45) is 5.51. The molecule has 1 aliphatic heterocycles. The van der Waals surface area contributed by atoms with E-state index in [2.05, 4.69) is 60.8 Å². The molecule has 0 spiro atoms. The molecule has 3 aromatic heterocycles. The molecule has 4 aromatic rings. The van der Waals surface area contributed by atoms with Crippen LogP contribution in [0, 0.1) is 0 Å². The summed E-state index contributed by atoms with van der Waals surface area (Å²) in [7, 11) is 0. The Morgan fingerprint density at radius 1 is 1.07 bits per heavy atom. The third-order valence-corrected chi connectivity index (χ3v) is 5.57. The summed E-state index contributed by atoms with van der Waals surface area (Å²) >= 11 is 0. The molecule has 0 saturated carbocycles. The Morgan fingerprint density at radius 2 is 1.93 bits per heavy atom. The summed E-state index contributed by atoms with van der Waals surface area (Å²) in [6.45, 7) is 5.95. The van der Waals surface area contributed by atoms with Crippen LogP contribution in [0.15, 0.2) is 53.3 Å². The molecule has 0 aliphatic carbocycles. The van der Waals surface area contributed by atoms with Crippen LogP contribution in [0.3, 0.4) is 0 Å². The lowest BCUT2D eigenvalue weighted by Gasteiger charge is -2.32. The van der Waals surface area contributed by atoms with Gasteiger partial charge in [-0.25, -0.2) is 0 Å². The number of anilines is 1. The number of rotatable bonds is 5. The fourth-order valence-electron chi connectivity index (χ4n) is 3.88.